The van der Waals surface area contributed by atoms with Crippen LogP contribution in [0.25, 0.3) is 11.0 Å². The first-order chi connectivity index (χ1) is 9.27. The number of halogens is 1. The fourth-order valence-corrected chi connectivity index (χ4v) is 1.97. The maximum atomic E-state index is 13.7. The van der Waals surface area contributed by atoms with Crippen molar-refractivity contribution in [2.24, 2.45) is 0 Å². The van der Waals surface area contributed by atoms with Gasteiger partial charge in [-0.2, -0.15) is 0 Å². The Morgan fingerprint density at radius 2 is 1.63 bits per heavy atom. The van der Waals surface area contributed by atoms with Gasteiger partial charge in [0.25, 0.3) is 0 Å². The van der Waals surface area contributed by atoms with Crippen molar-refractivity contribution in [1.82, 2.24) is 9.97 Å². The highest BCUT2D eigenvalue weighted by molar-refractivity contribution is 6.15. The van der Waals surface area contributed by atoms with Gasteiger partial charge < -0.3 is 0 Å². The van der Waals surface area contributed by atoms with E-state index in [1.165, 1.54) is 18.3 Å². The summed E-state index contributed by atoms with van der Waals surface area (Å²) in [5.74, 6) is -0.919. The minimum absolute atomic E-state index is 0.0423. The third kappa shape index (κ3) is 1.97. The summed E-state index contributed by atoms with van der Waals surface area (Å²) in [6.45, 7) is 0. The minimum atomic E-state index is -0.534. The summed E-state index contributed by atoms with van der Waals surface area (Å²) in [6, 6.07) is 11.0. The van der Waals surface area contributed by atoms with Crippen LogP contribution in [0.5, 0.6) is 0 Å². The molecule has 3 aromatic rings. The van der Waals surface area contributed by atoms with E-state index in [0.717, 1.165) is 0 Å². The summed E-state index contributed by atoms with van der Waals surface area (Å²) in [4.78, 5) is 20.7. The van der Waals surface area contributed by atoms with Crippen molar-refractivity contribution in [1.29, 1.82) is 0 Å². The average Bonchev–Trinajstić information content (AvgIpc) is 2.46. The Kier molecular flexibility index (Phi) is 2.76. The summed E-state index contributed by atoms with van der Waals surface area (Å²) in [6.07, 6.45) is 3.07. The van der Waals surface area contributed by atoms with E-state index in [1.54, 1.807) is 36.5 Å². The molecule has 19 heavy (non-hydrogen) atoms. The van der Waals surface area contributed by atoms with Gasteiger partial charge in [0.05, 0.1) is 22.2 Å². The first kappa shape index (κ1) is 11.5. The molecule has 0 amide bonds. The molecular formula is C15H9FN2O. The Bertz CT molecular complexity index is 765. The molecule has 1 aromatic heterocycles. The predicted molar refractivity (Wildman–Crippen MR) is 69.4 cm³/mol. The molecule has 4 heteroatoms. The lowest BCUT2D eigenvalue weighted by Crippen LogP contribution is -2.05. The Labute approximate surface area is 108 Å². The fraction of sp³-hybridized carbons (Fsp3) is 0. The Morgan fingerprint density at radius 3 is 2.47 bits per heavy atom. The number of nitrogens with zero attached hydrogens (tertiary/aromatic N) is 2. The van der Waals surface area contributed by atoms with E-state index in [-0.39, 0.29) is 11.3 Å². The van der Waals surface area contributed by atoms with Crippen molar-refractivity contribution in [3.05, 3.63) is 71.8 Å². The van der Waals surface area contributed by atoms with Gasteiger partial charge in [-0.05, 0) is 24.3 Å². The summed E-state index contributed by atoms with van der Waals surface area (Å²) >= 11 is 0. The topological polar surface area (TPSA) is 42.9 Å². The molecule has 2 aromatic carbocycles. The molecule has 92 valence electrons. The van der Waals surface area contributed by atoms with Crippen molar-refractivity contribution >= 4 is 16.8 Å². The number of rotatable bonds is 2. The van der Waals surface area contributed by atoms with Crippen LogP contribution < -0.4 is 0 Å². The van der Waals surface area contributed by atoms with Crippen LogP contribution in [0.2, 0.25) is 0 Å². The highest BCUT2D eigenvalue weighted by atomic mass is 19.1. The van der Waals surface area contributed by atoms with Gasteiger partial charge in [-0.15, -0.1) is 0 Å². The summed E-state index contributed by atoms with van der Waals surface area (Å²) in [7, 11) is 0. The number of ketones is 1. The van der Waals surface area contributed by atoms with Crippen molar-refractivity contribution in [2.45, 2.75) is 0 Å². The number of aromatic nitrogens is 2. The number of carbonyl (C=O) groups is 1. The zero-order valence-corrected chi connectivity index (χ0v) is 9.88. The Hall–Kier alpha value is -2.62. The number of benzene rings is 2. The molecule has 0 spiro atoms. The first-order valence-corrected chi connectivity index (χ1v) is 5.76. The van der Waals surface area contributed by atoms with E-state index >= 15 is 0 Å². The van der Waals surface area contributed by atoms with Crippen LogP contribution in [0.15, 0.2) is 54.9 Å². The molecule has 3 rings (SSSR count). The highest BCUT2D eigenvalue weighted by Gasteiger charge is 2.16. The lowest BCUT2D eigenvalue weighted by atomic mass is 10.0. The number of fused-ring (bicyclic) bond motifs is 1. The predicted octanol–water partition coefficient (Wildman–Crippen LogP) is 3.00. The van der Waals surface area contributed by atoms with Crippen LogP contribution in [-0.4, -0.2) is 15.8 Å². The summed E-state index contributed by atoms with van der Waals surface area (Å²) in [5.41, 5.74) is 1.50. The van der Waals surface area contributed by atoms with Gasteiger partial charge in [0, 0.05) is 12.4 Å². The smallest absolute Gasteiger partial charge is 0.198 e. The van der Waals surface area contributed by atoms with Crippen molar-refractivity contribution in [2.75, 3.05) is 0 Å². The van der Waals surface area contributed by atoms with Crippen molar-refractivity contribution < 1.29 is 9.18 Å². The normalized spacial score (nSPS) is 10.6. The molecule has 3 nitrogen and oxygen atoms in total. The van der Waals surface area contributed by atoms with E-state index < -0.39 is 5.82 Å². The zero-order chi connectivity index (χ0) is 13.2. The molecule has 0 bridgehead atoms. The second-order valence-electron chi connectivity index (χ2n) is 4.04. The average molecular weight is 252 g/mol. The minimum Gasteiger partial charge on any atom is -0.288 e. The molecule has 1 heterocycles. The molecule has 0 radical (unpaired) electrons. The van der Waals surface area contributed by atoms with E-state index in [4.69, 9.17) is 0 Å². The quantitative estimate of drug-likeness (QED) is 0.658. The van der Waals surface area contributed by atoms with Gasteiger partial charge in [0.15, 0.2) is 5.78 Å². The third-order valence-electron chi connectivity index (χ3n) is 2.86. The van der Waals surface area contributed by atoms with Gasteiger partial charge in [-0.3, -0.25) is 14.8 Å². The van der Waals surface area contributed by atoms with E-state index in [2.05, 4.69) is 9.97 Å². The van der Waals surface area contributed by atoms with Crippen LogP contribution in [0.1, 0.15) is 15.9 Å². The number of para-hydroxylation sites is 1. The van der Waals surface area contributed by atoms with Crippen LogP contribution >= 0.6 is 0 Å². The Morgan fingerprint density at radius 1 is 0.895 bits per heavy atom. The maximum absolute atomic E-state index is 13.7. The molecule has 0 aliphatic rings. The fourth-order valence-electron chi connectivity index (χ4n) is 1.97. The molecule has 0 aliphatic heterocycles. The van der Waals surface area contributed by atoms with Gasteiger partial charge in [-0.25, -0.2) is 4.39 Å². The lowest BCUT2D eigenvalue weighted by molar-refractivity contribution is 0.103. The van der Waals surface area contributed by atoms with E-state index in [1.807, 2.05) is 0 Å². The number of hydrogen-bond donors (Lipinski definition) is 0. The summed E-state index contributed by atoms with van der Waals surface area (Å²) < 4.78 is 13.7. The molecule has 0 aliphatic carbocycles. The first-order valence-electron chi connectivity index (χ1n) is 5.76. The molecule has 0 unspecified atom stereocenters. The third-order valence-corrected chi connectivity index (χ3v) is 2.86. The number of carbonyl (C=O) groups excluding carboxylic acids is 1. The van der Waals surface area contributed by atoms with Crippen LogP contribution in [-0.2, 0) is 0 Å². The number of hydrogen-bond acceptors (Lipinski definition) is 3. The van der Waals surface area contributed by atoms with Gasteiger partial charge in [0.1, 0.15) is 5.82 Å². The van der Waals surface area contributed by atoms with Crippen molar-refractivity contribution in [3.63, 3.8) is 0 Å². The Balaban J connectivity index is 2.20. The molecule has 0 saturated heterocycles. The van der Waals surface area contributed by atoms with Gasteiger partial charge in [-0.1, -0.05) is 18.2 Å². The molecule has 0 atom stereocenters. The standard InChI is InChI=1S/C15H9FN2O/c16-12-6-2-1-4-10(12)15(19)11-5-3-7-13-14(11)18-9-8-17-13/h1-9H. The monoisotopic (exact) mass is 252 g/mol. The lowest BCUT2D eigenvalue weighted by Gasteiger charge is -2.05. The molecular weight excluding hydrogens is 243 g/mol. The SMILES string of the molecule is O=C(c1ccccc1F)c1cccc2nccnc12. The zero-order valence-electron chi connectivity index (χ0n) is 9.88. The van der Waals surface area contributed by atoms with Gasteiger partial charge >= 0.3 is 0 Å². The largest absolute Gasteiger partial charge is 0.288 e. The van der Waals surface area contributed by atoms with Crippen molar-refractivity contribution in [3.8, 4) is 0 Å². The van der Waals surface area contributed by atoms with Crippen LogP contribution in [0, 0.1) is 5.82 Å². The van der Waals surface area contributed by atoms with E-state index in [9.17, 15) is 9.18 Å². The molecule has 0 N–H and O–H groups in total. The molecule has 0 fully saturated rings. The molecule has 0 saturated carbocycles. The second-order valence-corrected chi connectivity index (χ2v) is 4.04. The van der Waals surface area contributed by atoms with Crippen LogP contribution in [0.4, 0.5) is 4.39 Å². The maximum Gasteiger partial charge on any atom is 0.198 e. The van der Waals surface area contributed by atoms with E-state index in [0.29, 0.717) is 16.6 Å². The summed E-state index contributed by atoms with van der Waals surface area (Å²) in [5, 5.41) is 0. The van der Waals surface area contributed by atoms with Crippen LogP contribution in [0.3, 0.4) is 0 Å². The highest BCUT2D eigenvalue weighted by Crippen LogP contribution is 2.19. The van der Waals surface area contributed by atoms with Gasteiger partial charge in [0.2, 0.25) is 0 Å². The second kappa shape index (κ2) is 4.57.